The zero-order valence-corrected chi connectivity index (χ0v) is 5.70. The molecule has 0 radical (unpaired) electrons. The summed E-state index contributed by atoms with van der Waals surface area (Å²) in [5.74, 6) is 0.600. The molecule has 0 spiro atoms. The third-order valence-corrected chi connectivity index (χ3v) is 1.08. The van der Waals surface area contributed by atoms with Crippen LogP contribution in [0.2, 0.25) is 0 Å². The fraction of sp³-hybridized carbons (Fsp3) is 0.286. The van der Waals surface area contributed by atoms with Crippen LogP contribution in [0.5, 0.6) is 0 Å². The van der Waals surface area contributed by atoms with Gasteiger partial charge in [0, 0.05) is 11.9 Å². The van der Waals surface area contributed by atoms with Gasteiger partial charge in [-0.1, -0.05) is 0 Å². The minimum absolute atomic E-state index is 0.293. The zero-order valence-electron chi connectivity index (χ0n) is 5.70. The number of rotatable bonds is 1. The highest BCUT2D eigenvalue weighted by Gasteiger charge is 1.92. The number of aromatic nitrogens is 2. The summed E-state index contributed by atoms with van der Waals surface area (Å²) in [6, 6.07) is 3.79. The molecule has 0 saturated carbocycles. The third-order valence-electron chi connectivity index (χ3n) is 1.08. The van der Waals surface area contributed by atoms with Crippen LogP contribution in [0.4, 0.5) is 0 Å². The van der Waals surface area contributed by atoms with E-state index in [0.29, 0.717) is 12.2 Å². The molecule has 1 rings (SSSR count). The molecule has 3 nitrogen and oxygen atoms in total. The molecule has 0 aliphatic heterocycles. The quantitative estimate of drug-likeness (QED) is 0.570. The first kappa shape index (κ1) is 6.69. The van der Waals surface area contributed by atoms with Crippen LogP contribution in [0.1, 0.15) is 11.5 Å². The topological polar surface area (TPSA) is 49.6 Å². The van der Waals surface area contributed by atoms with Gasteiger partial charge in [0.2, 0.25) is 0 Å². The highest BCUT2D eigenvalue weighted by atomic mass is 14.9. The van der Waals surface area contributed by atoms with Gasteiger partial charge in [-0.3, -0.25) is 0 Å². The molecular weight excluding hydrogens is 126 g/mol. The van der Waals surface area contributed by atoms with Gasteiger partial charge in [0.1, 0.15) is 5.82 Å². The van der Waals surface area contributed by atoms with Gasteiger partial charge in [-0.15, -0.1) is 0 Å². The summed E-state index contributed by atoms with van der Waals surface area (Å²) < 4.78 is 0. The predicted octanol–water partition coefficient (Wildman–Crippen LogP) is 0.851. The van der Waals surface area contributed by atoms with Crippen LogP contribution in [-0.2, 0) is 6.42 Å². The second-order valence-electron chi connectivity index (χ2n) is 1.95. The van der Waals surface area contributed by atoms with Gasteiger partial charge in [-0.2, -0.15) is 5.26 Å². The van der Waals surface area contributed by atoms with Crippen molar-refractivity contribution in [2.45, 2.75) is 13.3 Å². The molecule has 0 amide bonds. The zero-order chi connectivity index (χ0) is 7.40. The molecule has 0 saturated heterocycles. The summed E-state index contributed by atoms with van der Waals surface area (Å²) in [7, 11) is 0. The number of hydrogen-bond acceptors (Lipinski definition) is 3. The van der Waals surface area contributed by atoms with Crippen molar-refractivity contribution in [3.63, 3.8) is 0 Å². The lowest BCUT2D eigenvalue weighted by atomic mass is 10.4. The van der Waals surface area contributed by atoms with Gasteiger partial charge in [0.15, 0.2) is 0 Å². The Morgan fingerprint density at radius 3 is 3.10 bits per heavy atom. The number of aryl methyl sites for hydroxylation is 1. The van der Waals surface area contributed by atoms with E-state index in [2.05, 4.69) is 9.97 Å². The Hall–Kier alpha value is -1.43. The fourth-order valence-corrected chi connectivity index (χ4v) is 0.657. The average Bonchev–Trinajstić information content (AvgIpc) is 1.88. The second-order valence-corrected chi connectivity index (χ2v) is 1.95. The van der Waals surface area contributed by atoms with Crippen molar-refractivity contribution in [2.75, 3.05) is 0 Å². The maximum Gasteiger partial charge on any atom is 0.142 e. The van der Waals surface area contributed by atoms with Gasteiger partial charge >= 0.3 is 0 Å². The summed E-state index contributed by atoms with van der Waals surface area (Å²) >= 11 is 0. The van der Waals surface area contributed by atoms with Crippen LogP contribution < -0.4 is 0 Å². The molecule has 0 atom stereocenters. The van der Waals surface area contributed by atoms with Gasteiger partial charge in [0.25, 0.3) is 0 Å². The van der Waals surface area contributed by atoms with Crippen molar-refractivity contribution in [1.29, 1.82) is 5.26 Å². The highest BCUT2D eigenvalue weighted by molar-refractivity contribution is 5.02. The lowest BCUT2D eigenvalue weighted by Gasteiger charge is -1.92. The molecule has 0 bridgehead atoms. The van der Waals surface area contributed by atoms with E-state index in [4.69, 9.17) is 5.26 Å². The minimum Gasteiger partial charge on any atom is -0.240 e. The maximum atomic E-state index is 8.28. The molecule has 1 aromatic heterocycles. The van der Waals surface area contributed by atoms with E-state index in [9.17, 15) is 0 Å². The standard InChI is InChI=1S/C7H7N3/c1-6-3-5-9-7(10-6)2-4-8/h3,5H,2H2,1H3. The van der Waals surface area contributed by atoms with Crippen molar-refractivity contribution in [2.24, 2.45) is 0 Å². The first-order valence-corrected chi connectivity index (χ1v) is 2.98. The Bertz CT molecular complexity index is 262. The van der Waals surface area contributed by atoms with Crippen molar-refractivity contribution < 1.29 is 0 Å². The Morgan fingerprint density at radius 2 is 2.50 bits per heavy atom. The molecule has 0 N–H and O–H groups in total. The van der Waals surface area contributed by atoms with E-state index in [0.717, 1.165) is 5.69 Å². The van der Waals surface area contributed by atoms with E-state index in [1.54, 1.807) is 12.3 Å². The van der Waals surface area contributed by atoms with E-state index >= 15 is 0 Å². The third kappa shape index (κ3) is 1.52. The summed E-state index contributed by atoms with van der Waals surface area (Å²) in [6.45, 7) is 1.88. The van der Waals surface area contributed by atoms with Gasteiger partial charge in [-0.05, 0) is 13.0 Å². The lowest BCUT2D eigenvalue weighted by Crippen LogP contribution is -1.93. The van der Waals surface area contributed by atoms with Crippen molar-refractivity contribution in [1.82, 2.24) is 9.97 Å². The second kappa shape index (κ2) is 2.92. The first-order chi connectivity index (χ1) is 4.83. The molecule has 0 aromatic carbocycles. The molecule has 10 heavy (non-hydrogen) atoms. The van der Waals surface area contributed by atoms with Gasteiger partial charge < -0.3 is 0 Å². The Balaban J connectivity index is 2.87. The first-order valence-electron chi connectivity index (χ1n) is 2.98. The van der Waals surface area contributed by atoms with Crippen LogP contribution in [0.15, 0.2) is 12.3 Å². The predicted molar refractivity (Wildman–Crippen MR) is 36.1 cm³/mol. The van der Waals surface area contributed by atoms with Crippen LogP contribution in [-0.4, -0.2) is 9.97 Å². The summed E-state index contributed by atoms with van der Waals surface area (Å²) in [6.07, 6.45) is 1.96. The van der Waals surface area contributed by atoms with Crippen molar-refractivity contribution in [3.05, 3.63) is 23.8 Å². The van der Waals surface area contributed by atoms with E-state index < -0.39 is 0 Å². The SMILES string of the molecule is Cc1ccnc(CC#N)n1. The van der Waals surface area contributed by atoms with Crippen LogP contribution in [0.3, 0.4) is 0 Å². The lowest BCUT2D eigenvalue weighted by molar-refractivity contribution is 0.964. The normalized spacial score (nSPS) is 8.80. The highest BCUT2D eigenvalue weighted by Crippen LogP contribution is 1.92. The number of nitrogens with zero attached hydrogens (tertiary/aromatic N) is 3. The smallest absolute Gasteiger partial charge is 0.142 e. The maximum absolute atomic E-state index is 8.28. The molecule has 0 aliphatic carbocycles. The molecule has 3 heteroatoms. The minimum atomic E-state index is 0.293. The molecular formula is C7H7N3. The van der Waals surface area contributed by atoms with Gasteiger partial charge in [-0.25, -0.2) is 9.97 Å². The number of nitriles is 1. The molecule has 1 heterocycles. The van der Waals surface area contributed by atoms with Gasteiger partial charge in [0.05, 0.1) is 12.5 Å². The Kier molecular flexibility index (Phi) is 1.96. The summed E-state index contributed by atoms with van der Waals surface area (Å²) in [5, 5.41) is 8.28. The molecule has 50 valence electrons. The average molecular weight is 133 g/mol. The van der Waals surface area contributed by atoms with Crippen molar-refractivity contribution in [3.8, 4) is 6.07 Å². The number of hydrogen-bond donors (Lipinski definition) is 0. The monoisotopic (exact) mass is 133 g/mol. The summed E-state index contributed by atoms with van der Waals surface area (Å²) in [4.78, 5) is 7.93. The molecule has 1 aromatic rings. The largest absolute Gasteiger partial charge is 0.240 e. The van der Waals surface area contributed by atoms with Crippen LogP contribution in [0.25, 0.3) is 0 Å². The van der Waals surface area contributed by atoms with E-state index in [1.165, 1.54) is 0 Å². The molecule has 0 aliphatic rings. The van der Waals surface area contributed by atoms with E-state index in [1.807, 2.05) is 13.0 Å². The fourth-order valence-electron chi connectivity index (χ4n) is 0.657. The summed E-state index contributed by atoms with van der Waals surface area (Å²) in [5.41, 5.74) is 0.903. The Labute approximate surface area is 59.4 Å². The molecule has 0 fully saturated rings. The van der Waals surface area contributed by atoms with Crippen LogP contribution >= 0.6 is 0 Å². The van der Waals surface area contributed by atoms with Crippen molar-refractivity contribution >= 4 is 0 Å². The Morgan fingerprint density at radius 1 is 1.70 bits per heavy atom. The van der Waals surface area contributed by atoms with E-state index in [-0.39, 0.29) is 0 Å². The molecule has 0 unspecified atom stereocenters. The van der Waals surface area contributed by atoms with Crippen LogP contribution in [0, 0.1) is 18.3 Å².